The van der Waals surface area contributed by atoms with Gasteiger partial charge >= 0.3 is 0 Å². The third-order valence-electron chi connectivity index (χ3n) is 2.60. The van der Waals surface area contributed by atoms with Crippen molar-refractivity contribution in [3.05, 3.63) is 30.1 Å². The maximum atomic E-state index is 13.3. The van der Waals surface area contributed by atoms with Crippen molar-refractivity contribution in [1.82, 2.24) is 10.2 Å². The van der Waals surface area contributed by atoms with Crippen LogP contribution in [0.5, 0.6) is 0 Å². The molecule has 1 aromatic rings. The van der Waals surface area contributed by atoms with E-state index < -0.39 is 30.1 Å². The molecular weight excluding hydrogens is 253 g/mol. The highest BCUT2D eigenvalue weighted by molar-refractivity contribution is 6.04. The van der Waals surface area contributed by atoms with Gasteiger partial charge in [0.25, 0.3) is 0 Å². The highest BCUT2D eigenvalue weighted by Gasteiger charge is 2.27. The van der Waals surface area contributed by atoms with E-state index in [1.165, 1.54) is 18.2 Å². The number of anilines is 1. The molecule has 3 amide bonds. The second kappa shape index (κ2) is 5.57. The fraction of sp³-hybridized carbons (Fsp3) is 0.250. The van der Waals surface area contributed by atoms with Crippen molar-refractivity contribution in [3.63, 3.8) is 0 Å². The lowest BCUT2D eigenvalue weighted by Gasteiger charge is -2.24. The van der Waals surface area contributed by atoms with Crippen molar-refractivity contribution in [2.24, 2.45) is 0 Å². The van der Waals surface area contributed by atoms with E-state index in [1.807, 2.05) is 0 Å². The van der Waals surface area contributed by atoms with Gasteiger partial charge in [0.15, 0.2) is 0 Å². The van der Waals surface area contributed by atoms with Crippen molar-refractivity contribution in [1.29, 1.82) is 0 Å². The highest BCUT2D eigenvalue weighted by Crippen LogP contribution is 2.12. The number of para-hydroxylation sites is 1. The molecule has 1 aliphatic heterocycles. The number of rotatable bonds is 3. The summed E-state index contributed by atoms with van der Waals surface area (Å²) in [5.41, 5.74) is 0.0162. The first-order chi connectivity index (χ1) is 9.08. The minimum absolute atomic E-state index is 0.0126. The monoisotopic (exact) mass is 265 g/mol. The molecule has 7 heteroatoms. The van der Waals surface area contributed by atoms with Gasteiger partial charge in [-0.15, -0.1) is 0 Å². The van der Waals surface area contributed by atoms with Crippen molar-refractivity contribution in [2.75, 3.05) is 25.0 Å². The second-order valence-corrected chi connectivity index (χ2v) is 4.01. The fourth-order valence-corrected chi connectivity index (χ4v) is 1.68. The van der Waals surface area contributed by atoms with E-state index in [0.29, 0.717) is 0 Å². The van der Waals surface area contributed by atoms with Gasteiger partial charge in [0, 0.05) is 0 Å². The number of hydrogen-bond acceptors (Lipinski definition) is 4. The minimum Gasteiger partial charge on any atom is -0.322 e. The summed E-state index contributed by atoms with van der Waals surface area (Å²) in [5, 5.41) is 4.93. The van der Waals surface area contributed by atoms with Gasteiger partial charge in [-0.1, -0.05) is 12.1 Å². The molecule has 0 aliphatic carbocycles. The summed E-state index contributed by atoms with van der Waals surface area (Å²) < 4.78 is 13.3. The average Bonchev–Trinajstić information content (AvgIpc) is 2.37. The van der Waals surface area contributed by atoms with Gasteiger partial charge < -0.3 is 5.32 Å². The molecule has 1 aromatic carbocycles. The summed E-state index contributed by atoms with van der Waals surface area (Å²) in [5.74, 6) is -2.14. The van der Waals surface area contributed by atoms with Gasteiger partial charge in [0.1, 0.15) is 12.4 Å². The smallest absolute Gasteiger partial charge is 0.244 e. The predicted octanol–water partition coefficient (Wildman–Crippen LogP) is -0.277. The number of benzene rings is 1. The van der Waals surface area contributed by atoms with E-state index in [0.717, 1.165) is 4.90 Å². The Labute approximate surface area is 108 Å². The van der Waals surface area contributed by atoms with Crippen molar-refractivity contribution in [2.45, 2.75) is 0 Å². The second-order valence-electron chi connectivity index (χ2n) is 4.01. The van der Waals surface area contributed by atoms with Gasteiger partial charge in [0.05, 0.1) is 18.8 Å². The molecule has 1 aliphatic rings. The summed E-state index contributed by atoms with van der Waals surface area (Å²) in [4.78, 5) is 35.4. The van der Waals surface area contributed by atoms with Crippen LogP contribution in [0.25, 0.3) is 0 Å². The molecular formula is C12H12FN3O3. The first kappa shape index (κ1) is 13.2. The van der Waals surface area contributed by atoms with Gasteiger partial charge in [0.2, 0.25) is 17.7 Å². The zero-order valence-electron chi connectivity index (χ0n) is 9.98. The third-order valence-corrected chi connectivity index (χ3v) is 2.60. The molecule has 0 aromatic heterocycles. The van der Waals surface area contributed by atoms with Gasteiger partial charge in [-0.2, -0.15) is 0 Å². The van der Waals surface area contributed by atoms with E-state index in [9.17, 15) is 18.8 Å². The number of nitrogens with one attached hydrogen (secondary N) is 2. The van der Waals surface area contributed by atoms with Crippen LogP contribution in [0.2, 0.25) is 0 Å². The SMILES string of the molecule is O=C(CN1C(=O)CNCC1=O)Nc1ccccc1F. The molecule has 1 fully saturated rings. The Morgan fingerprint density at radius 1 is 1.26 bits per heavy atom. The molecule has 6 nitrogen and oxygen atoms in total. The zero-order valence-corrected chi connectivity index (χ0v) is 9.98. The van der Waals surface area contributed by atoms with Crippen LogP contribution in [0, 0.1) is 5.82 Å². The lowest BCUT2D eigenvalue weighted by molar-refractivity contribution is -0.148. The number of carbonyl (C=O) groups is 3. The van der Waals surface area contributed by atoms with Crippen LogP contribution in [0.4, 0.5) is 10.1 Å². The van der Waals surface area contributed by atoms with E-state index >= 15 is 0 Å². The van der Waals surface area contributed by atoms with E-state index in [4.69, 9.17) is 0 Å². The third kappa shape index (κ3) is 3.14. The molecule has 0 saturated carbocycles. The van der Waals surface area contributed by atoms with Crippen LogP contribution in [-0.2, 0) is 14.4 Å². The van der Waals surface area contributed by atoms with Gasteiger partial charge in [-0.05, 0) is 12.1 Å². The van der Waals surface area contributed by atoms with Crippen LogP contribution in [0.3, 0.4) is 0 Å². The first-order valence-electron chi connectivity index (χ1n) is 5.66. The van der Waals surface area contributed by atoms with E-state index in [-0.39, 0.29) is 18.8 Å². The summed E-state index contributed by atoms with van der Waals surface area (Å²) in [6.45, 7) is -0.384. The molecule has 19 heavy (non-hydrogen) atoms. The maximum absolute atomic E-state index is 13.3. The molecule has 0 atom stereocenters. The zero-order chi connectivity index (χ0) is 13.8. The summed E-state index contributed by atoms with van der Waals surface area (Å²) in [6.07, 6.45) is 0. The van der Waals surface area contributed by atoms with Crippen LogP contribution < -0.4 is 10.6 Å². The van der Waals surface area contributed by atoms with E-state index in [1.54, 1.807) is 6.07 Å². The normalized spacial score (nSPS) is 15.5. The number of hydrogen-bond donors (Lipinski definition) is 2. The maximum Gasteiger partial charge on any atom is 0.244 e. The van der Waals surface area contributed by atoms with Crippen LogP contribution >= 0.6 is 0 Å². The Bertz CT molecular complexity index is 517. The molecule has 1 heterocycles. The number of halogens is 1. The summed E-state index contributed by atoms with van der Waals surface area (Å²) >= 11 is 0. The van der Waals surface area contributed by atoms with Crippen molar-refractivity contribution >= 4 is 23.4 Å². The van der Waals surface area contributed by atoms with Crippen LogP contribution in [0.15, 0.2) is 24.3 Å². The van der Waals surface area contributed by atoms with Crippen molar-refractivity contribution in [3.8, 4) is 0 Å². The molecule has 0 unspecified atom stereocenters. The molecule has 2 N–H and O–H groups in total. The minimum atomic E-state index is -0.617. The Kier molecular flexibility index (Phi) is 3.86. The number of imide groups is 1. The molecule has 2 rings (SSSR count). The lowest BCUT2D eigenvalue weighted by Crippen LogP contribution is -2.54. The molecule has 0 radical (unpaired) electrons. The Morgan fingerprint density at radius 2 is 1.89 bits per heavy atom. The Morgan fingerprint density at radius 3 is 2.53 bits per heavy atom. The predicted molar refractivity (Wildman–Crippen MR) is 64.6 cm³/mol. The van der Waals surface area contributed by atoms with Crippen LogP contribution in [-0.4, -0.2) is 42.3 Å². The number of carbonyl (C=O) groups excluding carboxylic acids is 3. The number of nitrogens with zero attached hydrogens (tertiary/aromatic N) is 1. The summed E-state index contributed by atoms with van der Waals surface area (Å²) in [6, 6.07) is 5.67. The average molecular weight is 265 g/mol. The highest BCUT2D eigenvalue weighted by atomic mass is 19.1. The Balaban J connectivity index is 1.99. The van der Waals surface area contributed by atoms with Crippen molar-refractivity contribution < 1.29 is 18.8 Å². The molecule has 0 bridgehead atoms. The fourth-order valence-electron chi connectivity index (χ4n) is 1.68. The number of piperazine rings is 1. The standard InChI is InChI=1S/C12H12FN3O3/c13-8-3-1-2-4-9(8)15-10(17)7-16-11(18)5-14-6-12(16)19/h1-4,14H,5-7H2,(H,15,17). The summed E-state index contributed by atoms with van der Waals surface area (Å²) in [7, 11) is 0. The molecule has 1 saturated heterocycles. The van der Waals surface area contributed by atoms with Crippen LogP contribution in [0.1, 0.15) is 0 Å². The Hall–Kier alpha value is -2.28. The van der Waals surface area contributed by atoms with Gasteiger partial charge in [-0.3, -0.25) is 24.6 Å². The number of amides is 3. The first-order valence-corrected chi connectivity index (χ1v) is 5.66. The topological polar surface area (TPSA) is 78.5 Å². The lowest BCUT2D eigenvalue weighted by atomic mass is 10.3. The quantitative estimate of drug-likeness (QED) is 0.737. The van der Waals surface area contributed by atoms with E-state index in [2.05, 4.69) is 10.6 Å². The molecule has 0 spiro atoms. The largest absolute Gasteiger partial charge is 0.322 e. The van der Waals surface area contributed by atoms with Gasteiger partial charge in [-0.25, -0.2) is 4.39 Å². The molecule has 100 valence electrons.